The van der Waals surface area contributed by atoms with Gasteiger partial charge in [-0.3, -0.25) is 4.98 Å². The van der Waals surface area contributed by atoms with Crippen LogP contribution in [-0.2, 0) is 27.5 Å². The van der Waals surface area contributed by atoms with Crippen molar-refractivity contribution in [3.05, 3.63) is 157 Å². The van der Waals surface area contributed by atoms with E-state index in [1.807, 2.05) is 78.9 Å². The number of para-hydroxylation sites is 2. The van der Waals surface area contributed by atoms with Crippen molar-refractivity contribution in [2.24, 2.45) is 0 Å². The molecule has 40 heavy (non-hydrogen) atoms. The minimum Gasteiger partial charge on any atom is -0.507 e. The normalized spacial score (nSPS) is 10.5. The summed E-state index contributed by atoms with van der Waals surface area (Å²) in [5, 5.41) is 10.6. The van der Waals surface area contributed by atoms with Crippen LogP contribution in [0.3, 0.4) is 0 Å². The summed E-state index contributed by atoms with van der Waals surface area (Å²) in [6.07, 6.45) is 2.54. The number of nitrogens with zero attached hydrogens (tertiary/aromatic N) is 3. The van der Waals surface area contributed by atoms with Crippen LogP contribution in [0.1, 0.15) is 11.1 Å². The minimum atomic E-state index is 0. The van der Waals surface area contributed by atoms with Crippen LogP contribution in [-0.4, -0.2) is 15.1 Å². The van der Waals surface area contributed by atoms with E-state index < -0.39 is 0 Å². The maximum atomic E-state index is 10.6. The molecule has 0 saturated carbocycles. The molecule has 0 atom stereocenters. The van der Waals surface area contributed by atoms with Crippen molar-refractivity contribution in [1.82, 2.24) is 9.97 Å². The number of phenols is 1. The molecule has 0 bridgehead atoms. The van der Waals surface area contributed by atoms with Gasteiger partial charge in [0.1, 0.15) is 11.6 Å². The number of aromatic nitrogens is 2. The smallest absolute Gasteiger partial charge is 0.136 e. The molecule has 4 aromatic carbocycles. The van der Waals surface area contributed by atoms with Crippen LogP contribution in [0.5, 0.6) is 5.75 Å². The van der Waals surface area contributed by atoms with Crippen LogP contribution in [0.15, 0.2) is 140 Å². The summed E-state index contributed by atoms with van der Waals surface area (Å²) in [6.45, 7) is 0. The monoisotopic (exact) mass is 699 g/mol. The first-order chi connectivity index (χ1) is 19.2. The Morgan fingerprint density at radius 3 is 2.10 bits per heavy atom. The van der Waals surface area contributed by atoms with Gasteiger partial charge >= 0.3 is 0 Å². The molecule has 4 nitrogen and oxygen atoms in total. The molecule has 0 aliphatic carbocycles. The molecular formula is C35H26N3OPt-. The number of rotatable bonds is 7. The van der Waals surface area contributed by atoms with Crippen molar-refractivity contribution in [3.63, 3.8) is 0 Å². The molecule has 5 heteroatoms. The van der Waals surface area contributed by atoms with E-state index in [4.69, 9.17) is 4.98 Å². The molecule has 1 N–H and O–H groups in total. The Kier molecular flexibility index (Phi) is 8.49. The first kappa shape index (κ1) is 27.1. The molecule has 6 rings (SSSR count). The topological polar surface area (TPSA) is 49.2 Å². The van der Waals surface area contributed by atoms with Gasteiger partial charge in [-0.1, -0.05) is 72.8 Å². The van der Waals surface area contributed by atoms with Gasteiger partial charge in [-0.25, -0.2) is 4.98 Å². The number of phenolic OH excluding ortho intramolecular Hbond substituents is 1. The van der Waals surface area contributed by atoms with Crippen molar-refractivity contribution in [1.29, 1.82) is 0 Å². The summed E-state index contributed by atoms with van der Waals surface area (Å²) in [5.41, 5.74) is 7.23. The van der Waals surface area contributed by atoms with Crippen molar-refractivity contribution in [2.45, 2.75) is 6.42 Å². The molecule has 0 aliphatic heterocycles. The number of pyridine rings is 2. The summed E-state index contributed by atoms with van der Waals surface area (Å²) in [7, 11) is 0. The van der Waals surface area contributed by atoms with Crippen molar-refractivity contribution in [2.75, 3.05) is 4.90 Å². The second-order valence-corrected chi connectivity index (χ2v) is 9.23. The van der Waals surface area contributed by atoms with Gasteiger partial charge in [-0.2, -0.15) is 0 Å². The number of hydrogen-bond acceptors (Lipinski definition) is 4. The van der Waals surface area contributed by atoms with Gasteiger partial charge in [0.25, 0.3) is 0 Å². The minimum absolute atomic E-state index is 0. The maximum absolute atomic E-state index is 10.6. The average molecular weight is 700 g/mol. The largest absolute Gasteiger partial charge is 0.507 e. The number of anilines is 3. The van der Waals surface area contributed by atoms with Crippen LogP contribution >= 0.6 is 0 Å². The van der Waals surface area contributed by atoms with E-state index in [-0.39, 0.29) is 26.8 Å². The van der Waals surface area contributed by atoms with Crippen molar-refractivity contribution < 1.29 is 26.2 Å². The molecular weight excluding hydrogens is 673 g/mol. The fourth-order valence-electron chi connectivity index (χ4n) is 4.68. The fraction of sp³-hybridized carbons (Fsp3) is 0.0286. The number of benzene rings is 4. The Morgan fingerprint density at radius 2 is 1.35 bits per heavy atom. The molecule has 0 saturated heterocycles. The SMILES string of the molecule is Oc1ccccc1-c1cc(Cc2ccccc2)cc(-c2[c-]c(N(c3ccccc3)c3ccccn3)ccc2)n1.[Pt]. The number of aromatic hydroxyl groups is 1. The summed E-state index contributed by atoms with van der Waals surface area (Å²) >= 11 is 0. The number of hydrogen-bond donors (Lipinski definition) is 1. The average Bonchev–Trinajstić information content (AvgIpc) is 2.99. The predicted molar refractivity (Wildman–Crippen MR) is 157 cm³/mol. The maximum Gasteiger partial charge on any atom is 0.136 e. The van der Waals surface area contributed by atoms with E-state index in [1.165, 1.54) is 5.56 Å². The first-order valence-electron chi connectivity index (χ1n) is 12.9. The summed E-state index contributed by atoms with van der Waals surface area (Å²) in [6, 6.07) is 47.6. The summed E-state index contributed by atoms with van der Waals surface area (Å²) in [4.78, 5) is 11.7. The first-order valence-corrected chi connectivity index (χ1v) is 12.9. The molecule has 198 valence electrons. The summed E-state index contributed by atoms with van der Waals surface area (Å²) < 4.78 is 0. The van der Waals surface area contributed by atoms with Crippen LogP contribution in [0.2, 0.25) is 0 Å². The molecule has 0 fully saturated rings. The third kappa shape index (κ3) is 6.03. The van der Waals surface area contributed by atoms with Gasteiger partial charge < -0.3 is 10.0 Å². The van der Waals surface area contributed by atoms with Gasteiger partial charge in [0.05, 0.1) is 5.69 Å². The van der Waals surface area contributed by atoms with Crippen molar-refractivity contribution >= 4 is 17.2 Å². The van der Waals surface area contributed by atoms with E-state index in [0.717, 1.165) is 46.1 Å². The fourth-order valence-corrected chi connectivity index (χ4v) is 4.68. The molecule has 0 unspecified atom stereocenters. The third-order valence-electron chi connectivity index (χ3n) is 6.51. The van der Waals surface area contributed by atoms with Gasteiger partial charge in [0, 0.05) is 38.5 Å². The van der Waals surface area contributed by atoms with Gasteiger partial charge in [0.15, 0.2) is 0 Å². The second kappa shape index (κ2) is 12.5. The molecule has 0 aliphatic rings. The van der Waals surface area contributed by atoms with Crippen molar-refractivity contribution in [3.8, 4) is 28.3 Å². The zero-order chi connectivity index (χ0) is 26.4. The molecule has 2 heterocycles. The predicted octanol–water partition coefficient (Wildman–Crippen LogP) is 8.37. The van der Waals surface area contributed by atoms with Gasteiger partial charge in [-0.05, 0) is 71.4 Å². The Bertz CT molecular complexity index is 1650. The van der Waals surface area contributed by atoms with Gasteiger partial charge in [-0.15, -0.1) is 29.8 Å². The quantitative estimate of drug-likeness (QED) is 0.170. The van der Waals surface area contributed by atoms with Crippen LogP contribution in [0.4, 0.5) is 17.2 Å². The summed E-state index contributed by atoms with van der Waals surface area (Å²) in [5.74, 6) is 1.01. The van der Waals surface area contributed by atoms with E-state index in [0.29, 0.717) is 5.56 Å². The molecule has 0 radical (unpaired) electrons. The van der Waals surface area contributed by atoms with Crippen LogP contribution < -0.4 is 4.90 Å². The van der Waals surface area contributed by atoms with E-state index in [1.54, 1.807) is 12.3 Å². The second-order valence-electron chi connectivity index (χ2n) is 9.23. The third-order valence-corrected chi connectivity index (χ3v) is 6.51. The Labute approximate surface area is 248 Å². The van der Waals surface area contributed by atoms with E-state index in [9.17, 15) is 5.11 Å². The standard InChI is InChI=1S/C35H26N3O.Pt/c39-34-19-8-7-18-31(34)33-24-27(22-26-12-3-1-4-13-26)23-32(37-33)28-14-11-17-30(25-28)38(29-15-5-2-6-16-29)35-20-9-10-21-36-35;/h1-21,23-24,39H,22H2;/q-1;. The molecule has 6 aromatic rings. The molecule has 2 aromatic heterocycles. The van der Waals surface area contributed by atoms with E-state index in [2.05, 4.69) is 64.5 Å². The molecule has 0 spiro atoms. The zero-order valence-electron chi connectivity index (χ0n) is 21.6. The Hall–Kier alpha value is -4.53. The van der Waals surface area contributed by atoms with Crippen LogP contribution in [0, 0.1) is 6.07 Å². The molecule has 0 amide bonds. The Balaban J connectivity index is 0.00000323. The van der Waals surface area contributed by atoms with Crippen LogP contribution in [0.25, 0.3) is 22.5 Å². The zero-order valence-corrected chi connectivity index (χ0v) is 23.9. The van der Waals surface area contributed by atoms with Gasteiger partial charge in [0.2, 0.25) is 0 Å². The Morgan fingerprint density at radius 1 is 0.650 bits per heavy atom. The van der Waals surface area contributed by atoms with E-state index >= 15 is 0 Å².